The molecule has 1 aliphatic carbocycles. The number of hydrogen-bond donors (Lipinski definition) is 1. The van der Waals surface area contributed by atoms with E-state index in [0.717, 1.165) is 34.7 Å². The third-order valence-corrected chi connectivity index (χ3v) is 3.83. The van der Waals surface area contributed by atoms with Crippen molar-refractivity contribution in [1.29, 1.82) is 0 Å². The summed E-state index contributed by atoms with van der Waals surface area (Å²) in [4.78, 5) is 0. The third-order valence-electron chi connectivity index (χ3n) is 3.21. The quantitative estimate of drug-likeness (QED) is 0.833. The third kappa shape index (κ3) is 2.91. The lowest BCUT2D eigenvalue weighted by Gasteiger charge is -2.27. The fourth-order valence-corrected chi connectivity index (χ4v) is 2.63. The van der Waals surface area contributed by atoms with Crippen molar-refractivity contribution in [3.05, 3.63) is 22.7 Å². The molecule has 2 rings (SSSR count). The molecule has 0 bridgehead atoms. The largest absolute Gasteiger partial charge is 0.489 e. The Morgan fingerprint density at radius 1 is 1.25 bits per heavy atom. The van der Waals surface area contributed by atoms with Crippen molar-refractivity contribution in [2.75, 3.05) is 5.73 Å². The van der Waals surface area contributed by atoms with Crippen LogP contribution in [0.15, 0.2) is 22.7 Å². The first-order valence-electron chi connectivity index (χ1n) is 5.87. The van der Waals surface area contributed by atoms with Gasteiger partial charge in [0, 0.05) is 5.69 Å². The molecule has 0 saturated heterocycles. The van der Waals surface area contributed by atoms with Crippen molar-refractivity contribution in [3.63, 3.8) is 0 Å². The van der Waals surface area contributed by atoms with E-state index >= 15 is 0 Å². The molecule has 0 heterocycles. The second-order valence-corrected chi connectivity index (χ2v) is 5.54. The highest BCUT2D eigenvalue weighted by molar-refractivity contribution is 9.10. The van der Waals surface area contributed by atoms with Crippen molar-refractivity contribution in [2.45, 2.75) is 38.7 Å². The van der Waals surface area contributed by atoms with Crippen LogP contribution in [0.2, 0.25) is 0 Å². The average Bonchev–Trinajstić information content (AvgIpc) is 2.25. The van der Waals surface area contributed by atoms with Crippen molar-refractivity contribution < 1.29 is 4.74 Å². The molecule has 1 aliphatic rings. The molecule has 1 aromatic carbocycles. The minimum atomic E-state index is 0.371. The van der Waals surface area contributed by atoms with Gasteiger partial charge in [-0.25, -0.2) is 0 Å². The Morgan fingerprint density at radius 2 is 1.94 bits per heavy atom. The normalized spacial score (nSPS) is 25.4. The first-order chi connectivity index (χ1) is 7.65. The zero-order valence-electron chi connectivity index (χ0n) is 9.58. The average molecular weight is 284 g/mol. The van der Waals surface area contributed by atoms with Gasteiger partial charge in [0.1, 0.15) is 5.75 Å². The van der Waals surface area contributed by atoms with Gasteiger partial charge in [0.15, 0.2) is 0 Å². The molecule has 1 saturated carbocycles. The maximum Gasteiger partial charge on any atom is 0.134 e. The molecule has 88 valence electrons. The van der Waals surface area contributed by atoms with Crippen LogP contribution in [0, 0.1) is 5.92 Å². The first kappa shape index (κ1) is 11.8. The van der Waals surface area contributed by atoms with E-state index in [9.17, 15) is 0 Å². The van der Waals surface area contributed by atoms with Gasteiger partial charge in [-0.1, -0.05) is 6.92 Å². The Kier molecular flexibility index (Phi) is 3.74. The number of rotatable bonds is 2. The monoisotopic (exact) mass is 283 g/mol. The molecule has 0 spiro atoms. The second-order valence-electron chi connectivity index (χ2n) is 4.69. The molecule has 0 aromatic heterocycles. The molecule has 0 radical (unpaired) electrons. The van der Waals surface area contributed by atoms with E-state index in [1.807, 2.05) is 18.2 Å². The molecule has 2 nitrogen and oxygen atoms in total. The zero-order chi connectivity index (χ0) is 11.5. The van der Waals surface area contributed by atoms with Gasteiger partial charge in [0.25, 0.3) is 0 Å². The fourth-order valence-electron chi connectivity index (χ4n) is 2.14. The van der Waals surface area contributed by atoms with Gasteiger partial charge >= 0.3 is 0 Å². The summed E-state index contributed by atoms with van der Waals surface area (Å²) in [6.45, 7) is 2.31. The van der Waals surface area contributed by atoms with Crippen molar-refractivity contribution in [3.8, 4) is 5.75 Å². The number of hydrogen-bond acceptors (Lipinski definition) is 2. The molecule has 0 atom stereocenters. The molecular weight excluding hydrogens is 266 g/mol. The van der Waals surface area contributed by atoms with Crippen LogP contribution in [0.25, 0.3) is 0 Å². The van der Waals surface area contributed by atoms with Gasteiger partial charge in [0.05, 0.1) is 10.6 Å². The van der Waals surface area contributed by atoms with E-state index in [0.29, 0.717) is 6.10 Å². The van der Waals surface area contributed by atoms with Crippen molar-refractivity contribution in [2.24, 2.45) is 5.92 Å². The van der Waals surface area contributed by atoms with E-state index in [4.69, 9.17) is 10.5 Å². The summed E-state index contributed by atoms with van der Waals surface area (Å²) in [6, 6.07) is 5.71. The molecule has 0 aliphatic heterocycles. The fraction of sp³-hybridized carbons (Fsp3) is 0.538. The topological polar surface area (TPSA) is 35.2 Å². The molecular formula is C13H18BrNO. The Labute approximate surface area is 105 Å². The Hall–Kier alpha value is -0.700. The van der Waals surface area contributed by atoms with Crippen LogP contribution < -0.4 is 10.5 Å². The van der Waals surface area contributed by atoms with E-state index in [1.165, 1.54) is 12.8 Å². The summed E-state index contributed by atoms with van der Waals surface area (Å²) in [5, 5.41) is 0. The number of ether oxygens (including phenoxy) is 1. The smallest absolute Gasteiger partial charge is 0.134 e. The number of benzene rings is 1. The standard InChI is InChI=1S/C13H18BrNO/c1-9-2-5-11(6-3-9)16-13-7-4-10(15)8-12(13)14/h4,7-9,11H,2-3,5-6,15H2,1H3/t9-,11-. The number of anilines is 1. The van der Waals surface area contributed by atoms with E-state index in [-0.39, 0.29) is 0 Å². The zero-order valence-corrected chi connectivity index (χ0v) is 11.2. The summed E-state index contributed by atoms with van der Waals surface area (Å²) in [5.41, 5.74) is 6.45. The highest BCUT2D eigenvalue weighted by Crippen LogP contribution is 2.32. The summed E-state index contributed by atoms with van der Waals surface area (Å²) >= 11 is 3.48. The van der Waals surface area contributed by atoms with Crippen LogP contribution >= 0.6 is 15.9 Å². The van der Waals surface area contributed by atoms with Gasteiger partial charge < -0.3 is 10.5 Å². The SMILES string of the molecule is C[C@H]1CC[C@H](Oc2ccc(N)cc2Br)CC1. The molecule has 16 heavy (non-hydrogen) atoms. The minimum Gasteiger partial charge on any atom is -0.489 e. The van der Waals surface area contributed by atoms with E-state index in [2.05, 4.69) is 22.9 Å². The highest BCUT2D eigenvalue weighted by Gasteiger charge is 2.20. The van der Waals surface area contributed by atoms with Gasteiger partial charge in [-0.05, 0) is 65.7 Å². The second kappa shape index (κ2) is 5.09. The molecule has 1 fully saturated rings. The number of halogens is 1. The number of nitrogen functional groups attached to an aromatic ring is 1. The van der Waals surface area contributed by atoms with Gasteiger partial charge in [-0.3, -0.25) is 0 Å². The van der Waals surface area contributed by atoms with Crippen molar-refractivity contribution in [1.82, 2.24) is 0 Å². The molecule has 0 unspecified atom stereocenters. The summed E-state index contributed by atoms with van der Waals surface area (Å²) in [5.74, 6) is 1.77. The van der Waals surface area contributed by atoms with Crippen LogP contribution in [0.1, 0.15) is 32.6 Å². The lowest BCUT2D eigenvalue weighted by atomic mass is 9.89. The van der Waals surface area contributed by atoms with Crippen LogP contribution in [0.4, 0.5) is 5.69 Å². The van der Waals surface area contributed by atoms with E-state index in [1.54, 1.807) is 0 Å². The maximum atomic E-state index is 5.99. The van der Waals surface area contributed by atoms with Crippen LogP contribution in [-0.2, 0) is 0 Å². The Balaban J connectivity index is 1.98. The van der Waals surface area contributed by atoms with Crippen LogP contribution in [0.3, 0.4) is 0 Å². The van der Waals surface area contributed by atoms with E-state index < -0.39 is 0 Å². The molecule has 0 amide bonds. The van der Waals surface area contributed by atoms with Gasteiger partial charge in [-0.15, -0.1) is 0 Å². The molecule has 1 aromatic rings. The van der Waals surface area contributed by atoms with Gasteiger partial charge in [0.2, 0.25) is 0 Å². The summed E-state index contributed by atoms with van der Waals surface area (Å²) < 4.78 is 6.94. The lowest BCUT2D eigenvalue weighted by molar-refractivity contribution is 0.134. The minimum absolute atomic E-state index is 0.371. The summed E-state index contributed by atoms with van der Waals surface area (Å²) in [7, 11) is 0. The number of nitrogens with two attached hydrogens (primary N) is 1. The lowest BCUT2D eigenvalue weighted by Crippen LogP contribution is -2.23. The summed E-state index contributed by atoms with van der Waals surface area (Å²) in [6.07, 6.45) is 5.25. The maximum absolute atomic E-state index is 5.99. The predicted octanol–water partition coefficient (Wildman–Crippen LogP) is 3.99. The first-order valence-corrected chi connectivity index (χ1v) is 6.66. The predicted molar refractivity (Wildman–Crippen MR) is 70.6 cm³/mol. The van der Waals surface area contributed by atoms with Gasteiger partial charge in [-0.2, -0.15) is 0 Å². The Morgan fingerprint density at radius 3 is 2.56 bits per heavy atom. The highest BCUT2D eigenvalue weighted by atomic mass is 79.9. The molecule has 3 heteroatoms. The Bertz CT molecular complexity index is 359. The van der Waals surface area contributed by atoms with Crippen molar-refractivity contribution >= 4 is 21.6 Å². The van der Waals surface area contributed by atoms with Crippen LogP contribution in [0.5, 0.6) is 5.75 Å². The molecule has 2 N–H and O–H groups in total. The van der Waals surface area contributed by atoms with Crippen LogP contribution in [-0.4, -0.2) is 6.10 Å².